The van der Waals surface area contributed by atoms with Crippen LogP contribution in [0.3, 0.4) is 0 Å². The van der Waals surface area contributed by atoms with Crippen LogP contribution in [0.2, 0.25) is 0 Å². The third-order valence-corrected chi connectivity index (χ3v) is 4.58. The summed E-state index contributed by atoms with van der Waals surface area (Å²) in [5.74, 6) is 1.50. The van der Waals surface area contributed by atoms with Crippen LogP contribution in [-0.2, 0) is 7.05 Å². The van der Waals surface area contributed by atoms with Crippen LogP contribution in [-0.4, -0.2) is 50.3 Å². The van der Waals surface area contributed by atoms with E-state index in [1.54, 1.807) is 11.9 Å². The normalized spacial score (nSPS) is 14.7. The van der Waals surface area contributed by atoms with Gasteiger partial charge in [-0.15, -0.1) is 0 Å². The van der Waals surface area contributed by atoms with Gasteiger partial charge in [0.2, 0.25) is 0 Å². The Labute approximate surface area is 143 Å². The number of hydrogen-bond acceptors (Lipinski definition) is 4. The van der Waals surface area contributed by atoms with Crippen molar-refractivity contribution < 1.29 is 9.53 Å². The third-order valence-electron chi connectivity index (χ3n) is 4.58. The van der Waals surface area contributed by atoms with E-state index in [4.69, 9.17) is 4.74 Å². The van der Waals surface area contributed by atoms with Gasteiger partial charge >= 0.3 is 5.69 Å². The molecule has 1 saturated heterocycles. The lowest BCUT2D eigenvalue weighted by atomic mass is 9.99. The molecule has 0 unspecified atom stereocenters. The van der Waals surface area contributed by atoms with E-state index in [1.807, 2.05) is 31.2 Å². The molecular formula is C17H19N5O3. The second-order valence-electron chi connectivity index (χ2n) is 6.22. The van der Waals surface area contributed by atoms with Gasteiger partial charge in [-0.25, -0.2) is 9.89 Å². The van der Waals surface area contributed by atoms with E-state index in [9.17, 15) is 9.59 Å². The molecule has 8 heteroatoms. The molecule has 8 nitrogen and oxygen atoms in total. The van der Waals surface area contributed by atoms with Crippen LogP contribution < -0.4 is 10.4 Å². The Hall–Kier alpha value is -3.03. The number of carbonyl (C=O) groups is 1. The zero-order chi connectivity index (χ0) is 17.6. The number of carbonyl (C=O) groups excluding carboxylic acids is 1. The maximum Gasteiger partial charge on any atom is 0.343 e. The van der Waals surface area contributed by atoms with Gasteiger partial charge in [0.15, 0.2) is 0 Å². The van der Waals surface area contributed by atoms with Gasteiger partial charge in [-0.2, -0.15) is 5.10 Å². The van der Waals surface area contributed by atoms with Crippen LogP contribution >= 0.6 is 0 Å². The van der Waals surface area contributed by atoms with Crippen LogP contribution in [0.4, 0.5) is 0 Å². The van der Waals surface area contributed by atoms with E-state index in [0.717, 1.165) is 16.7 Å². The molecule has 1 aliphatic rings. The van der Waals surface area contributed by atoms with Gasteiger partial charge in [0.25, 0.3) is 5.91 Å². The molecule has 3 aromatic rings. The monoisotopic (exact) mass is 341 g/mol. The van der Waals surface area contributed by atoms with Crippen molar-refractivity contribution in [1.29, 1.82) is 0 Å². The highest BCUT2D eigenvalue weighted by Crippen LogP contribution is 2.27. The number of H-pyrrole nitrogens is 2. The molecule has 1 amide bonds. The minimum Gasteiger partial charge on any atom is -0.494 e. The molecule has 0 radical (unpaired) electrons. The fourth-order valence-electron chi connectivity index (χ4n) is 3.18. The molecule has 25 heavy (non-hydrogen) atoms. The topological polar surface area (TPSA) is 96.0 Å². The number of ether oxygens (including phenoxy) is 1. The Morgan fingerprint density at radius 3 is 2.84 bits per heavy atom. The minimum atomic E-state index is -0.236. The van der Waals surface area contributed by atoms with Crippen LogP contribution in [0.5, 0.6) is 5.75 Å². The van der Waals surface area contributed by atoms with Crippen LogP contribution in [0.15, 0.2) is 29.1 Å². The van der Waals surface area contributed by atoms with Crippen molar-refractivity contribution >= 4 is 16.8 Å². The molecule has 1 aliphatic heterocycles. The molecule has 2 aromatic heterocycles. The molecule has 3 heterocycles. The molecule has 0 aliphatic carbocycles. The second kappa shape index (κ2) is 5.80. The summed E-state index contributed by atoms with van der Waals surface area (Å²) in [7, 11) is 1.68. The summed E-state index contributed by atoms with van der Waals surface area (Å²) in [6, 6.07) is 7.58. The number of likely N-dealkylation sites (tertiary alicyclic amines) is 1. The lowest BCUT2D eigenvalue weighted by molar-refractivity contribution is 0.0586. The summed E-state index contributed by atoms with van der Waals surface area (Å²) in [5.41, 5.74) is 1.19. The summed E-state index contributed by atoms with van der Waals surface area (Å²) in [4.78, 5) is 29.0. The standard InChI is InChI=1S/C17H19N5O3/c1-3-25-12-5-4-10-6-14(18-13(10)7-12)16(23)22-8-11(9-22)15-19-20-17(24)21(15)2/h4-7,11,18H,3,8-9H2,1-2H3,(H,20,24). The van der Waals surface area contributed by atoms with Crippen LogP contribution in [0.1, 0.15) is 29.2 Å². The fraction of sp³-hybridized carbons (Fsp3) is 0.353. The van der Waals surface area contributed by atoms with Crippen molar-refractivity contribution in [1.82, 2.24) is 24.6 Å². The largest absolute Gasteiger partial charge is 0.494 e. The van der Waals surface area contributed by atoms with Gasteiger partial charge in [0.1, 0.15) is 17.3 Å². The van der Waals surface area contributed by atoms with E-state index in [2.05, 4.69) is 15.2 Å². The van der Waals surface area contributed by atoms with Crippen molar-refractivity contribution in [3.8, 4) is 5.75 Å². The Bertz CT molecular complexity index is 993. The number of fused-ring (bicyclic) bond motifs is 1. The number of nitrogens with zero attached hydrogens (tertiary/aromatic N) is 3. The first-order chi connectivity index (χ1) is 12.1. The number of aromatic amines is 2. The Morgan fingerprint density at radius 1 is 1.36 bits per heavy atom. The van der Waals surface area contributed by atoms with E-state index in [1.165, 1.54) is 4.57 Å². The molecule has 4 rings (SSSR count). The summed E-state index contributed by atoms with van der Waals surface area (Å²) in [5, 5.41) is 7.43. The smallest absolute Gasteiger partial charge is 0.343 e. The van der Waals surface area contributed by atoms with E-state index < -0.39 is 0 Å². The summed E-state index contributed by atoms with van der Waals surface area (Å²) in [6.07, 6.45) is 0. The van der Waals surface area contributed by atoms with Gasteiger partial charge in [-0.05, 0) is 25.1 Å². The number of rotatable bonds is 4. The highest BCUT2D eigenvalue weighted by Gasteiger charge is 2.35. The molecule has 1 fully saturated rings. The zero-order valence-electron chi connectivity index (χ0n) is 14.1. The number of aromatic nitrogens is 4. The molecule has 0 atom stereocenters. The Balaban J connectivity index is 1.49. The maximum atomic E-state index is 12.6. The van der Waals surface area contributed by atoms with Crippen molar-refractivity contribution in [2.45, 2.75) is 12.8 Å². The van der Waals surface area contributed by atoms with Gasteiger partial charge in [-0.3, -0.25) is 9.36 Å². The number of benzene rings is 1. The molecule has 0 saturated carbocycles. The van der Waals surface area contributed by atoms with E-state index >= 15 is 0 Å². The first-order valence-electron chi connectivity index (χ1n) is 8.23. The van der Waals surface area contributed by atoms with Gasteiger partial charge in [0, 0.05) is 37.1 Å². The molecule has 0 spiro atoms. The molecule has 2 N–H and O–H groups in total. The van der Waals surface area contributed by atoms with Gasteiger partial charge in [-0.1, -0.05) is 0 Å². The maximum absolute atomic E-state index is 12.6. The van der Waals surface area contributed by atoms with Crippen molar-refractivity contribution in [2.75, 3.05) is 19.7 Å². The van der Waals surface area contributed by atoms with Crippen LogP contribution in [0, 0.1) is 0 Å². The van der Waals surface area contributed by atoms with Crippen molar-refractivity contribution in [2.24, 2.45) is 7.05 Å². The Kier molecular flexibility index (Phi) is 3.60. The molecule has 130 valence electrons. The second-order valence-corrected chi connectivity index (χ2v) is 6.22. The third kappa shape index (κ3) is 2.59. The van der Waals surface area contributed by atoms with E-state index in [-0.39, 0.29) is 17.5 Å². The molecule has 1 aromatic carbocycles. The zero-order valence-corrected chi connectivity index (χ0v) is 14.1. The average Bonchev–Trinajstić information content (AvgIpc) is 3.11. The summed E-state index contributed by atoms with van der Waals surface area (Å²) >= 11 is 0. The van der Waals surface area contributed by atoms with Crippen molar-refractivity contribution in [3.63, 3.8) is 0 Å². The predicted octanol–water partition coefficient (Wildman–Crippen LogP) is 1.23. The average molecular weight is 341 g/mol. The quantitative estimate of drug-likeness (QED) is 0.746. The highest BCUT2D eigenvalue weighted by atomic mass is 16.5. The fourth-order valence-corrected chi connectivity index (χ4v) is 3.18. The first-order valence-corrected chi connectivity index (χ1v) is 8.23. The van der Waals surface area contributed by atoms with Crippen LogP contribution in [0.25, 0.3) is 10.9 Å². The van der Waals surface area contributed by atoms with Crippen molar-refractivity contribution in [3.05, 3.63) is 46.3 Å². The number of hydrogen-bond donors (Lipinski definition) is 2. The molecule has 0 bridgehead atoms. The van der Waals surface area contributed by atoms with Gasteiger partial charge in [0.05, 0.1) is 12.5 Å². The van der Waals surface area contributed by atoms with E-state index in [0.29, 0.717) is 31.2 Å². The number of nitrogens with one attached hydrogen (secondary N) is 2. The lowest BCUT2D eigenvalue weighted by Gasteiger charge is -2.38. The summed E-state index contributed by atoms with van der Waals surface area (Å²) < 4.78 is 6.98. The number of amides is 1. The first kappa shape index (κ1) is 15.5. The Morgan fingerprint density at radius 2 is 2.16 bits per heavy atom. The molecular weight excluding hydrogens is 322 g/mol. The SMILES string of the molecule is CCOc1ccc2cc(C(=O)N3CC(c4n[nH]c(=O)n4C)C3)[nH]c2c1. The summed E-state index contributed by atoms with van der Waals surface area (Å²) in [6.45, 7) is 3.64. The predicted molar refractivity (Wildman–Crippen MR) is 91.9 cm³/mol. The minimum absolute atomic E-state index is 0.0501. The van der Waals surface area contributed by atoms with Gasteiger partial charge < -0.3 is 14.6 Å². The highest BCUT2D eigenvalue weighted by molar-refractivity contribution is 5.98. The lowest BCUT2D eigenvalue weighted by Crippen LogP contribution is -2.49.